The van der Waals surface area contributed by atoms with Gasteiger partial charge in [-0.2, -0.15) is 0 Å². The second-order valence-corrected chi connectivity index (χ2v) is 3.78. The number of rotatable bonds is 3. The van der Waals surface area contributed by atoms with Crippen molar-refractivity contribution in [3.63, 3.8) is 0 Å². The van der Waals surface area contributed by atoms with Crippen LogP contribution in [0.1, 0.15) is 26.7 Å². The summed E-state index contributed by atoms with van der Waals surface area (Å²) in [6, 6.07) is 0. The Morgan fingerprint density at radius 1 is 1.46 bits per heavy atom. The van der Waals surface area contributed by atoms with E-state index >= 15 is 0 Å². The van der Waals surface area contributed by atoms with E-state index in [-0.39, 0.29) is 12.0 Å². The lowest BCUT2D eigenvalue weighted by atomic mass is 9.91. The molecular weight excluding hydrogens is 168 g/mol. The van der Waals surface area contributed by atoms with E-state index in [9.17, 15) is 4.79 Å². The average Bonchev–Trinajstić information content (AvgIpc) is 2.04. The number of piperidine rings is 1. The molecule has 0 unspecified atom stereocenters. The second-order valence-electron chi connectivity index (χ2n) is 3.78. The Morgan fingerprint density at radius 2 is 2.00 bits per heavy atom. The van der Waals surface area contributed by atoms with E-state index in [0.717, 1.165) is 13.1 Å². The molecule has 1 saturated heterocycles. The molecule has 1 aliphatic rings. The monoisotopic (exact) mass is 186 g/mol. The molecule has 1 rings (SSSR count). The Morgan fingerprint density at radius 3 is 2.38 bits per heavy atom. The van der Waals surface area contributed by atoms with Gasteiger partial charge in [-0.3, -0.25) is 4.79 Å². The molecule has 1 fully saturated rings. The van der Waals surface area contributed by atoms with Crippen LogP contribution in [0.25, 0.3) is 0 Å². The van der Waals surface area contributed by atoms with Crippen molar-refractivity contribution in [2.24, 2.45) is 5.73 Å². The molecule has 3 N–H and O–H groups in total. The summed E-state index contributed by atoms with van der Waals surface area (Å²) in [5.41, 5.74) is 4.64. The highest BCUT2D eigenvalue weighted by Crippen LogP contribution is 2.24. The molecule has 0 radical (unpaired) electrons. The van der Waals surface area contributed by atoms with Gasteiger partial charge in [0.25, 0.3) is 0 Å². The maximum Gasteiger partial charge on any atom is 0.249 e. The van der Waals surface area contributed by atoms with Crippen molar-refractivity contribution >= 4 is 5.91 Å². The highest BCUT2D eigenvalue weighted by Gasteiger charge is 2.39. The van der Waals surface area contributed by atoms with Gasteiger partial charge in [-0.15, -0.1) is 0 Å². The standard InChI is InChI=1S/C9H18N2O2/c1-7(2)13-9(8(10)12)3-5-11-6-4-9/h7,11H,3-6H2,1-2H3,(H2,10,12). The highest BCUT2D eigenvalue weighted by molar-refractivity contribution is 5.83. The van der Waals surface area contributed by atoms with Crippen molar-refractivity contribution in [3.05, 3.63) is 0 Å². The molecule has 1 amide bonds. The number of amides is 1. The van der Waals surface area contributed by atoms with Crippen LogP contribution in [0, 0.1) is 0 Å². The molecule has 0 bridgehead atoms. The number of carbonyl (C=O) groups is 1. The summed E-state index contributed by atoms with van der Waals surface area (Å²) in [5.74, 6) is -0.331. The Hall–Kier alpha value is -0.610. The Bertz CT molecular complexity index is 186. The van der Waals surface area contributed by atoms with Crippen LogP contribution in [0.2, 0.25) is 0 Å². The first kappa shape index (κ1) is 10.5. The van der Waals surface area contributed by atoms with Gasteiger partial charge >= 0.3 is 0 Å². The van der Waals surface area contributed by atoms with Gasteiger partial charge in [0.05, 0.1) is 6.10 Å². The van der Waals surface area contributed by atoms with Crippen molar-refractivity contribution in [1.82, 2.24) is 5.32 Å². The Labute approximate surface area is 78.8 Å². The van der Waals surface area contributed by atoms with Crippen molar-refractivity contribution in [3.8, 4) is 0 Å². The zero-order valence-electron chi connectivity index (χ0n) is 8.30. The molecule has 0 aromatic rings. The van der Waals surface area contributed by atoms with Gasteiger partial charge in [-0.25, -0.2) is 0 Å². The van der Waals surface area contributed by atoms with E-state index in [4.69, 9.17) is 10.5 Å². The minimum Gasteiger partial charge on any atom is -0.367 e. The molecule has 1 heterocycles. The molecule has 0 saturated carbocycles. The Kier molecular flexibility index (Phi) is 3.27. The maximum atomic E-state index is 11.3. The lowest BCUT2D eigenvalue weighted by Crippen LogP contribution is -2.54. The van der Waals surface area contributed by atoms with Crippen molar-refractivity contribution in [2.75, 3.05) is 13.1 Å². The van der Waals surface area contributed by atoms with Crippen molar-refractivity contribution in [2.45, 2.75) is 38.4 Å². The lowest BCUT2D eigenvalue weighted by molar-refractivity contribution is -0.154. The van der Waals surface area contributed by atoms with Gasteiger partial charge in [0.15, 0.2) is 0 Å². The van der Waals surface area contributed by atoms with Crippen LogP contribution in [0.3, 0.4) is 0 Å². The molecule has 4 heteroatoms. The van der Waals surface area contributed by atoms with Crippen LogP contribution in [0.5, 0.6) is 0 Å². The molecule has 0 aromatic heterocycles. The lowest BCUT2D eigenvalue weighted by Gasteiger charge is -2.36. The molecule has 0 aromatic carbocycles. The fourth-order valence-corrected chi connectivity index (χ4v) is 1.70. The van der Waals surface area contributed by atoms with E-state index in [1.807, 2.05) is 13.8 Å². The third-order valence-corrected chi connectivity index (χ3v) is 2.32. The maximum absolute atomic E-state index is 11.3. The van der Waals surface area contributed by atoms with Crippen LogP contribution >= 0.6 is 0 Å². The first-order chi connectivity index (χ1) is 6.07. The fourth-order valence-electron chi connectivity index (χ4n) is 1.70. The van der Waals surface area contributed by atoms with E-state index in [1.165, 1.54) is 0 Å². The summed E-state index contributed by atoms with van der Waals surface area (Å²) in [6.07, 6.45) is 1.41. The van der Waals surface area contributed by atoms with Gasteiger partial charge < -0.3 is 15.8 Å². The largest absolute Gasteiger partial charge is 0.367 e. The third kappa shape index (κ3) is 2.42. The van der Waals surface area contributed by atoms with Crippen molar-refractivity contribution < 1.29 is 9.53 Å². The number of hydrogen-bond acceptors (Lipinski definition) is 3. The van der Waals surface area contributed by atoms with Crippen molar-refractivity contribution in [1.29, 1.82) is 0 Å². The van der Waals surface area contributed by atoms with Gasteiger partial charge in [-0.05, 0) is 39.8 Å². The molecule has 0 aliphatic carbocycles. The van der Waals surface area contributed by atoms with Gasteiger partial charge in [0.1, 0.15) is 5.60 Å². The minimum absolute atomic E-state index is 0.0469. The Balaban J connectivity index is 2.67. The summed E-state index contributed by atoms with van der Waals surface area (Å²) in [5, 5.41) is 3.18. The first-order valence-electron chi connectivity index (χ1n) is 4.75. The number of nitrogens with one attached hydrogen (secondary N) is 1. The summed E-state index contributed by atoms with van der Waals surface area (Å²) in [7, 11) is 0. The molecule has 1 aliphatic heterocycles. The van der Waals surface area contributed by atoms with Gasteiger partial charge in [0, 0.05) is 0 Å². The highest BCUT2D eigenvalue weighted by atomic mass is 16.5. The third-order valence-electron chi connectivity index (χ3n) is 2.32. The zero-order valence-corrected chi connectivity index (χ0v) is 8.30. The van der Waals surface area contributed by atoms with Crippen LogP contribution in [-0.2, 0) is 9.53 Å². The van der Waals surface area contributed by atoms with E-state index < -0.39 is 5.60 Å². The number of ether oxygens (including phenoxy) is 1. The summed E-state index contributed by atoms with van der Waals surface area (Å²) in [4.78, 5) is 11.3. The quantitative estimate of drug-likeness (QED) is 0.653. The SMILES string of the molecule is CC(C)OC1(C(N)=O)CCNCC1. The van der Waals surface area contributed by atoms with Crippen LogP contribution in [0.4, 0.5) is 0 Å². The minimum atomic E-state index is -0.723. The van der Waals surface area contributed by atoms with E-state index in [2.05, 4.69) is 5.32 Å². The molecule has 76 valence electrons. The van der Waals surface area contributed by atoms with Gasteiger partial charge in [0.2, 0.25) is 5.91 Å². The predicted molar refractivity (Wildman–Crippen MR) is 50.3 cm³/mol. The van der Waals surface area contributed by atoms with Crippen LogP contribution in [-0.4, -0.2) is 30.7 Å². The molecule has 0 atom stereocenters. The number of nitrogens with two attached hydrogens (primary N) is 1. The van der Waals surface area contributed by atoms with Gasteiger partial charge in [-0.1, -0.05) is 0 Å². The molecule has 13 heavy (non-hydrogen) atoms. The molecular formula is C9H18N2O2. The number of primary amides is 1. The average molecular weight is 186 g/mol. The smallest absolute Gasteiger partial charge is 0.249 e. The number of carbonyl (C=O) groups excluding carboxylic acids is 1. The van der Waals surface area contributed by atoms with Crippen LogP contribution < -0.4 is 11.1 Å². The summed E-state index contributed by atoms with van der Waals surface area (Å²) >= 11 is 0. The summed E-state index contributed by atoms with van der Waals surface area (Å²) < 4.78 is 5.63. The predicted octanol–water partition coefficient (Wildman–Crippen LogP) is 0.0189. The normalized spacial score (nSPS) is 21.8. The summed E-state index contributed by atoms with van der Waals surface area (Å²) in [6.45, 7) is 5.45. The fraction of sp³-hybridized carbons (Fsp3) is 0.889. The van der Waals surface area contributed by atoms with E-state index in [0.29, 0.717) is 12.8 Å². The number of hydrogen-bond donors (Lipinski definition) is 2. The molecule has 0 spiro atoms. The zero-order chi connectivity index (χ0) is 9.90. The van der Waals surface area contributed by atoms with Crippen LogP contribution in [0.15, 0.2) is 0 Å². The molecule has 4 nitrogen and oxygen atoms in total. The van der Waals surface area contributed by atoms with E-state index in [1.54, 1.807) is 0 Å². The topological polar surface area (TPSA) is 64.3 Å². The second kappa shape index (κ2) is 4.07. The first-order valence-corrected chi connectivity index (χ1v) is 4.75.